The van der Waals surface area contributed by atoms with Crippen LogP contribution in [0.1, 0.15) is 128 Å². The van der Waals surface area contributed by atoms with Gasteiger partial charge in [0.1, 0.15) is 0 Å². The van der Waals surface area contributed by atoms with E-state index in [2.05, 4.69) is 89.2 Å². The number of allylic oxidation sites excluding steroid dienone is 2. The van der Waals surface area contributed by atoms with E-state index in [1.165, 1.54) is 38.5 Å². The van der Waals surface area contributed by atoms with Gasteiger partial charge in [-0.2, -0.15) is 0 Å². The average Bonchev–Trinajstić information content (AvgIpc) is 3.00. The van der Waals surface area contributed by atoms with Crippen LogP contribution in [0.5, 0.6) is 0 Å². The van der Waals surface area contributed by atoms with Gasteiger partial charge in [-0.05, 0) is 114 Å². The Hall–Kier alpha value is -0.590. The van der Waals surface area contributed by atoms with Gasteiger partial charge in [0, 0.05) is 5.92 Å². The third kappa shape index (κ3) is 4.03. The van der Waals surface area contributed by atoms with Crippen molar-refractivity contribution in [1.82, 2.24) is 0 Å². The van der Waals surface area contributed by atoms with E-state index in [-0.39, 0.29) is 22.2 Å². The largest absolute Gasteiger partial charge is 0.295 e. The van der Waals surface area contributed by atoms with Crippen molar-refractivity contribution in [3.63, 3.8) is 0 Å². The lowest BCUT2D eigenvalue weighted by atomic mass is 9.41. The molecule has 0 bridgehead atoms. The molecule has 1 nitrogen and oxygen atoms in total. The molecule has 4 aliphatic rings. The molecule has 35 heavy (non-hydrogen) atoms. The Labute approximate surface area is 218 Å². The molecule has 0 aromatic rings. The van der Waals surface area contributed by atoms with Crippen LogP contribution in [0, 0.1) is 68.5 Å². The van der Waals surface area contributed by atoms with Crippen molar-refractivity contribution in [3.05, 3.63) is 11.6 Å². The fourth-order valence-electron chi connectivity index (χ4n) is 10.7. The number of hydrogen-bond donors (Lipinski definition) is 0. The fourth-order valence-corrected chi connectivity index (χ4v) is 10.7. The van der Waals surface area contributed by atoms with Crippen LogP contribution in [0.3, 0.4) is 0 Å². The Morgan fingerprint density at radius 2 is 1.57 bits per heavy atom. The van der Waals surface area contributed by atoms with Crippen molar-refractivity contribution in [1.29, 1.82) is 0 Å². The lowest BCUT2D eigenvalue weighted by Gasteiger charge is -2.62. The highest BCUT2D eigenvalue weighted by atomic mass is 16.1. The van der Waals surface area contributed by atoms with Crippen LogP contribution in [0.2, 0.25) is 0 Å². The van der Waals surface area contributed by atoms with Crippen LogP contribution in [-0.2, 0) is 4.79 Å². The highest BCUT2D eigenvalue weighted by molar-refractivity contribution is 5.94. The summed E-state index contributed by atoms with van der Waals surface area (Å²) >= 11 is 0. The molecule has 4 rings (SSSR count). The van der Waals surface area contributed by atoms with E-state index in [0.29, 0.717) is 40.3 Å². The molecule has 0 N–H and O–H groups in total. The lowest BCUT2D eigenvalue weighted by Crippen LogP contribution is -2.56. The minimum atomic E-state index is 0.166. The van der Waals surface area contributed by atoms with Gasteiger partial charge in [0.15, 0.2) is 5.78 Å². The van der Waals surface area contributed by atoms with Gasteiger partial charge in [0.2, 0.25) is 0 Å². The monoisotopic (exact) mass is 482 g/mol. The summed E-state index contributed by atoms with van der Waals surface area (Å²) in [6.07, 6.45) is 11.0. The molecule has 200 valence electrons. The summed E-state index contributed by atoms with van der Waals surface area (Å²) in [6, 6.07) is 0. The summed E-state index contributed by atoms with van der Waals surface area (Å²) in [4.78, 5) is 13.7. The minimum absolute atomic E-state index is 0.166. The molecule has 3 saturated carbocycles. The fraction of sp³-hybridized carbons (Fsp3) is 0.912. The summed E-state index contributed by atoms with van der Waals surface area (Å²) in [5.41, 5.74) is 2.87. The highest BCUT2D eigenvalue weighted by Gasteiger charge is 2.66. The Balaban J connectivity index is 1.68. The number of rotatable bonds is 4. The second kappa shape index (κ2) is 8.46. The van der Waals surface area contributed by atoms with Crippen LogP contribution in [0.4, 0.5) is 0 Å². The molecule has 4 aliphatic carbocycles. The zero-order valence-corrected chi connectivity index (χ0v) is 25.5. The molecule has 0 radical (unpaired) electrons. The lowest BCUT2D eigenvalue weighted by molar-refractivity contribution is -0.134. The summed E-state index contributed by atoms with van der Waals surface area (Å²) in [7, 11) is 0. The number of fused-ring (bicyclic) bond motifs is 5. The van der Waals surface area contributed by atoms with E-state index in [9.17, 15) is 4.79 Å². The van der Waals surface area contributed by atoms with Crippen molar-refractivity contribution in [3.8, 4) is 0 Å². The minimum Gasteiger partial charge on any atom is -0.295 e. The molecular formula is C34H58O. The Bertz CT molecular complexity index is 872. The smallest absolute Gasteiger partial charge is 0.159 e. The van der Waals surface area contributed by atoms with Crippen LogP contribution >= 0.6 is 0 Å². The van der Waals surface area contributed by atoms with Gasteiger partial charge in [0.25, 0.3) is 0 Å². The van der Waals surface area contributed by atoms with Crippen LogP contribution < -0.4 is 0 Å². The number of ketones is 1. The van der Waals surface area contributed by atoms with Crippen molar-refractivity contribution < 1.29 is 4.79 Å². The third-order valence-corrected chi connectivity index (χ3v) is 13.4. The summed E-state index contributed by atoms with van der Waals surface area (Å²) in [5, 5.41) is 0. The maximum absolute atomic E-state index is 13.7. The quantitative estimate of drug-likeness (QED) is 0.389. The van der Waals surface area contributed by atoms with Gasteiger partial charge in [-0.15, -0.1) is 0 Å². The molecular weight excluding hydrogens is 424 g/mol. The highest BCUT2D eigenvalue weighted by Crippen LogP contribution is 2.74. The average molecular weight is 483 g/mol. The molecule has 3 fully saturated rings. The standard InChI is InChI=1S/C34H58O/c1-21-17-27-28(35)18-26-25(32(27,10)20-22(21)2)13-15-34(12)29(14-16-33(26,34)11)31(8,9)24(4)23(3)19-30(5,6)7/h18,21-25,27,29H,13-17,19-20H2,1-12H3/t21-,22+,23+,24-,25?,27+,29-,32-,33+,34-/m1/s1. The Morgan fingerprint density at radius 3 is 2.17 bits per heavy atom. The molecule has 0 aliphatic heterocycles. The van der Waals surface area contributed by atoms with Crippen LogP contribution in [0.25, 0.3) is 0 Å². The van der Waals surface area contributed by atoms with E-state index < -0.39 is 0 Å². The molecule has 0 spiro atoms. The predicted octanol–water partition coefficient (Wildman–Crippen LogP) is 9.75. The first kappa shape index (κ1) is 27.4. The predicted molar refractivity (Wildman–Crippen MR) is 150 cm³/mol. The number of carbonyl (C=O) groups excluding carboxylic acids is 1. The van der Waals surface area contributed by atoms with E-state index in [0.717, 1.165) is 18.3 Å². The molecule has 0 heterocycles. The molecule has 0 amide bonds. The van der Waals surface area contributed by atoms with Crippen LogP contribution in [0.15, 0.2) is 11.6 Å². The third-order valence-electron chi connectivity index (χ3n) is 13.4. The summed E-state index contributed by atoms with van der Waals surface area (Å²) < 4.78 is 0. The van der Waals surface area contributed by atoms with Crippen molar-refractivity contribution in [2.45, 2.75) is 128 Å². The van der Waals surface area contributed by atoms with Gasteiger partial charge < -0.3 is 0 Å². The van der Waals surface area contributed by atoms with Crippen molar-refractivity contribution in [2.24, 2.45) is 68.5 Å². The topological polar surface area (TPSA) is 17.1 Å². The van der Waals surface area contributed by atoms with Gasteiger partial charge in [-0.3, -0.25) is 4.79 Å². The van der Waals surface area contributed by atoms with E-state index in [1.54, 1.807) is 5.57 Å². The normalized spacial score (nSPS) is 45.8. The van der Waals surface area contributed by atoms with Gasteiger partial charge >= 0.3 is 0 Å². The summed E-state index contributed by atoms with van der Waals surface area (Å²) in [5.74, 6) is 4.85. The maximum Gasteiger partial charge on any atom is 0.159 e. The van der Waals surface area contributed by atoms with Gasteiger partial charge in [0.05, 0.1) is 0 Å². The second-order valence-corrected chi connectivity index (χ2v) is 16.7. The first-order valence-corrected chi connectivity index (χ1v) is 15.1. The first-order chi connectivity index (χ1) is 15.9. The molecule has 10 atom stereocenters. The first-order valence-electron chi connectivity index (χ1n) is 15.1. The maximum atomic E-state index is 13.7. The van der Waals surface area contributed by atoms with Crippen molar-refractivity contribution >= 4 is 5.78 Å². The van der Waals surface area contributed by atoms with Crippen molar-refractivity contribution in [2.75, 3.05) is 0 Å². The van der Waals surface area contributed by atoms with Crippen LogP contribution in [-0.4, -0.2) is 5.78 Å². The zero-order chi connectivity index (χ0) is 26.4. The van der Waals surface area contributed by atoms with E-state index in [1.807, 2.05) is 0 Å². The SMILES string of the molecule is C[C@@H]1C[C@H]2C(=O)C=C3C(CC[C@]4(C)[C@@H](C(C)(C)[C@H](C)[C@@H](C)CC(C)(C)C)CC[C@@]34C)[C@@]2(C)C[C@@H]1C. The molecule has 0 aromatic heterocycles. The summed E-state index contributed by atoms with van der Waals surface area (Å²) in [6.45, 7) is 29.9. The zero-order valence-electron chi connectivity index (χ0n) is 25.5. The number of hydrogen-bond acceptors (Lipinski definition) is 1. The molecule has 1 heteroatoms. The Morgan fingerprint density at radius 1 is 0.943 bits per heavy atom. The van der Waals surface area contributed by atoms with E-state index >= 15 is 0 Å². The Kier molecular flexibility index (Phi) is 6.63. The second-order valence-electron chi connectivity index (χ2n) is 16.7. The molecule has 1 unspecified atom stereocenters. The van der Waals surface area contributed by atoms with Gasteiger partial charge in [-0.1, -0.05) is 88.7 Å². The van der Waals surface area contributed by atoms with Gasteiger partial charge in [-0.25, -0.2) is 0 Å². The molecule has 0 aromatic carbocycles. The molecule has 0 saturated heterocycles. The van der Waals surface area contributed by atoms with E-state index in [4.69, 9.17) is 0 Å². The number of carbonyl (C=O) groups is 1.